The van der Waals surface area contributed by atoms with E-state index in [4.69, 9.17) is 4.74 Å². The van der Waals surface area contributed by atoms with E-state index in [0.29, 0.717) is 6.42 Å². The Hall–Kier alpha value is -1.05. The van der Waals surface area contributed by atoms with Crippen molar-refractivity contribution < 1.29 is 52.4 Å². The molecule has 0 aromatic heterocycles. The fourth-order valence-corrected chi connectivity index (χ4v) is 3.06. The summed E-state index contributed by atoms with van der Waals surface area (Å²) >= 11 is 0. The first-order valence-corrected chi connectivity index (χ1v) is 9.90. The molecule has 1 N–H and O–H groups in total. The van der Waals surface area contributed by atoms with Crippen molar-refractivity contribution >= 4 is 10.1 Å². The van der Waals surface area contributed by atoms with Crippen molar-refractivity contribution in [3.8, 4) is 17.2 Å². The van der Waals surface area contributed by atoms with Crippen molar-refractivity contribution in [2.45, 2.75) is 50.3 Å². The van der Waals surface area contributed by atoms with Crippen molar-refractivity contribution in [1.82, 2.24) is 0 Å². The zero-order valence-corrected chi connectivity index (χ0v) is 18.1. The average molecular weight is 386 g/mol. The molecule has 0 amide bonds. The number of benzene rings is 2. The van der Waals surface area contributed by atoms with Gasteiger partial charge in [-0.1, -0.05) is 62.6 Å². The predicted molar refractivity (Wildman–Crippen MR) is 94.7 cm³/mol. The van der Waals surface area contributed by atoms with Gasteiger partial charge in [-0.25, -0.2) is 0 Å². The van der Waals surface area contributed by atoms with E-state index in [-0.39, 0.29) is 51.7 Å². The molecule has 26 heavy (non-hydrogen) atoms. The van der Waals surface area contributed by atoms with Gasteiger partial charge in [0.05, 0.1) is 4.90 Å². The second kappa shape index (κ2) is 10.9. The Balaban J connectivity index is 0.00000338. The first-order valence-electron chi connectivity index (χ1n) is 8.46. The third-order valence-corrected chi connectivity index (χ3v) is 4.80. The van der Waals surface area contributed by atoms with E-state index >= 15 is 0 Å². The minimum atomic E-state index is -4.34. The van der Waals surface area contributed by atoms with Gasteiger partial charge >= 0.3 is 29.6 Å². The van der Waals surface area contributed by atoms with Gasteiger partial charge in [-0.3, -0.25) is 4.55 Å². The van der Waals surface area contributed by atoms with Gasteiger partial charge in [0.25, 0.3) is 10.1 Å². The molecule has 0 saturated carbocycles. The van der Waals surface area contributed by atoms with Crippen molar-refractivity contribution in [1.29, 1.82) is 0 Å². The molecule has 0 fully saturated rings. The number of hydrogen-bond acceptors (Lipinski definition) is 4. The zero-order chi connectivity index (χ0) is 18.3. The number of aryl methyl sites for hydroxylation is 1. The second-order valence-corrected chi connectivity index (χ2v) is 7.38. The first-order chi connectivity index (χ1) is 11.9. The smallest absolute Gasteiger partial charge is 0.870 e. The van der Waals surface area contributed by atoms with Crippen LogP contribution < -0.4 is 39.4 Å². The van der Waals surface area contributed by atoms with E-state index in [9.17, 15) is 18.1 Å². The van der Waals surface area contributed by atoms with Gasteiger partial charge in [-0.2, -0.15) is 8.42 Å². The predicted octanol–water partition coefficient (Wildman–Crippen LogP) is 1.32. The van der Waals surface area contributed by atoms with Crippen LogP contribution >= 0.6 is 0 Å². The normalized spacial score (nSPS) is 11.0. The summed E-state index contributed by atoms with van der Waals surface area (Å²) in [7, 11) is -4.34. The van der Waals surface area contributed by atoms with Gasteiger partial charge in [0, 0.05) is 6.07 Å². The molecule has 5 nitrogen and oxygen atoms in total. The summed E-state index contributed by atoms with van der Waals surface area (Å²) < 4.78 is 37.7. The van der Waals surface area contributed by atoms with E-state index < -0.39 is 10.1 Å². The Morgan fingerprint density at radius 1 is 1.00 bits per heavy atom. The number of unbranched alkanes of at least 4 members (excludes halogenated alkanes) is 4. The molecule has 0 unspecified atom stereocenters. The molecule has 0 spiro atoms. The molecule has 2 aromatic carbocycles. The summed E-state index contributed by atoms with van der Waals surface area (Å²) in [5.41, 5.74) is 0.812. The van der Waals surface area contributed by atoms with Gasteiger partial charge in [-0.15, -0.1) is 0 Å². The summed E-state index contributed by atoms with van der Waals surface area (Å²) in [5, 5.41) is 11.9. The molecule has 2 rings (SSSR count). The van der Waals surface area contributed by atoms with Crippen LogP contribution in [0.2, 0.25) is 0 Å². The summed E-state index contributed by atoms with van der Waals surface area (Å²) in [6.45, 7) is 2.15. The van der Waals surface area contributed by atoms with Crippen LogP contribution in [0.4, 0.5) is 0 Å². The second-order valence-electron chi connectivity index (χ2n) is 5.96. The summed E-state index contributed by atoms with van der Waals surface area (Å²) in [4.78, 5) is -0.249. The van der Waals surface area contributed by atoms with Crippen molar-refractivity contribution in [3.05, 3.63) is 48.0 Å². The Kier molecular flexibility index (Phi) is 9.68. The summed E-state index contributed by atoms with van der Waals surface area (Å²) in [6.07, 6.45) is 6.24. The molecular weight excluding hydrogens is 363 g/mol. The minimum absolute atomic E-state index is 0. The van der Waals surface area contributed by atoms with Crippen molar-refractivity contribution in [2.75, 3.05) is 0 Å². The average Bonchev–Trinajstić information content (AvgIpc) is 2.57. The fourth-order valence-electron chi connectivity index (χ4n) is 2.57. The number of hydrogen-bond donors (Lipinski definition) is 1. The number of para-hydroxylation sites is 2. The molecule has 2 aromatic rings. The maximum atomic E-state index is 11.9. The molecule has 0 aliphatic carbocycles. The van der Waals surface area contributed by atoms with Gasteiger partial charge in [0.2, 0.25) is 0 Å². The maximum Gasteiger partial charge on any atom is 1.00 e. The molecule has 0 bridgehead atoms. The monoisotopic (exact) mass is 386 g/mol. The van der Waals surface area contributed by atoms with E-state index in [1.807, 2.05) is 0 Å². The van der Waals surface area contributed by atoms with Crippen LogP contribution in [0.25, 0.3) is 0 Å². The van der Waals surface area contributed by atoms with E-state index in [1.54, 1.807) is 18.2 Å². The quantitative estimate of drug-likeness (QED) is 0.399. The number of ether oxygens (including phenoxy) is 1. The Bertz CT molecular complexity index is 805. The van der Waals surface area contributed by atoms with Crippen LogP contribution in [-0.4, -0.2) is 13.0 Å². The Morgan fingerprint density at radius 3 is 2.35 bits per heavy atom. The molecule has 0 heterocycles. The van der Waals surface area contributed by atoms with Gasteiger partial charge in [0.15, 0.2) is 0 Å². The zero-order valence-electron chi connectivity index (χ0n) is 15.3. The molecule has 136 valence electrons. The van der Waals surface area contributed by atoms with E-state index in [1.165, 1.54) is 30.7 Å². The fraction of sp³-hybridized carbons (Fsp3) is 0.368. The van der Waals surface area contributed by atoms with Crippen LogP contribution in [0.5, 0.6) is 17.2 Å². The maximum absolute atomic E-state index is 11.9. The third kappa shape index (κ3) is 6.93. The van der Waals surface area contributed by atoms with Crippen LogP contribution in [0, 0.1) is 0 Å². The van der Waals surface area contributed by atoms with Gasteiger partial charge in [0.1, 0.15) is 11.5 Å². The van der Waals surface area contributed by atoms with Crippen molar-refractivity contribution in [3.63, 3.8) is 0 Å². The first kappa shape index (κ1) is 23.0. The van der Waals surface area contributed by atoms with Crippen molar-refractivity contribution in [2.24, 2.45) is 0 Å². The van der Waals surface area contributed by atoms with Crippen LogP contribution in [0.3, 0.4) is 0 Å². The van der Waals surface area contributed by atoms with E-state index in [2.05, 4.69) is 6.92 Å². The third-order valence-electron chi connectivity index (χ3n) is 3.96. The molecule has 0 radical (unpaired) electrons. The standard InChI is InChI=1S/C19H24O5S.Na/c1-2-3-4-5-6-9-15-12-13-16(25(21,22)23)14-19(15)24-18-11-8-7-10-17(18)20;/h7-8,10-14,20H,2-6,9H2,1H3,(H,21,22,23);/q;+1/p-1. The molecule has 7 heteroatoms. The topological polar surface area (TPSA) is 86.7 Å². The largest absolute Gasteiger partial charge is 1.00 e. The summed E-state index contributed by atoms with van der Waals surface area (Å²) in [6, 6.07) is 10.5. The molecular formula is C19H23NaO5S. The SMILES string of the molecule is CCCCCCCc1ccc(S(=O)(=O)O)cc1Oc1ccccc1[O-].[Na+]. The molecule has 0 aliphatic heterocycles. The van der Waals surface area contributed by atoms with Gasteiger partial charge < -0.3 is 9.84 Å². The molecule has 0 atom stereocenters. The van der Waals surface area contributed by atoms with E-state index in [0.717, 1.165) is 31.2 Å². The van der Waals surface area contributed by atoms with Crippen LogP contribution in [0.1, 0.15) is 44.6 Å². The Labute approximate surface area is 177 Å². The molecule has 0 saturated heterocycles. The molecule has 0 aliphatic rings. The number of rotatable bonds is 9. The summed E-state index contributed by atoms with van der Waals surface area (Å²) in [5.74, 6) is 0.129. The van der Waals surface area contributed by atoms with Crippen LogP contribution in [0.15, 0.2) is 47.4 Å². The Morgan fingerprint density at radius 2 is 1.69 bits per heavy atom. The minimum Gasteiger partial charge on any atom is -0.870 e. The van der Waals surface area contributed by atoms with Gasteiger partial charge in [-0.05, 0) is 30.5 Å². The van der Waals surface area contributed by atoms with Crippen LogP contribution in [-0.2, 0) is 16.5 Å².